The summed E-state index contributed by atoms with van der Waals surface area (Å²) in [5.74, 6) is -4.06. The Bertz CT molecular complexity index is 1470. The average molecular weight is 734 g/mol. The van der Waals surface area contributed by atoms with Crippen LogP contribution in [0.3, 0.4) is 0 Å². The van der Waals surface area contributed by atoms with Crippen LogP contribution in [0.5, 0.6) is 0 Å². The molecule has 1 aliphatic rings. The van der Waals surface area contributed by atoms with Crippen LogP contribution >= 0.6 is 0 Å². The second-order valence-electron chi connectivity index (χ2n) is 13.2. The zero-order valence-electron chi connectivity index (χ0n) is 29.1. The highest BCUT2D eigenvalue weighted by molar-refractivity contribution is 5.95. The molecule has 0 bridgehead atoms. The van der Waals surface area contributed by atoms with Crippen LogP contribution in [0.2, 0.25) is 0 Å². The molecule has 1 aliphatic heterocycles. The van der Waals surface area contributed by atoms with Crippen molar-refractivity contribution in [2.75, 3.05) is 19.6 Å². The van der Waals surface area contributed by atoms with Gasteiger partial charge >= 0.3 is 12.1 Å². The molecule has 286 valence electrons. The fourth-order valence-electron chi connectivity index (χ4n) is 5.93. The van der Waals surface area contributed by atoms with Gasteiger partial charge in [0.05, 0.1) is 6.04 Å². The number of hydrogen-bond acceptors (Lipinski definition) is 8. The zero-order chi connectivity index (χ0) is 38.3. The molecule has 16 heteroatoms. The number of carboxylic acid groups (broad SMARTS) is 1. The number of halogens is 3. The molecule has 1 saturated heterocycles. The fourth-order valence-corrected chi connectivity index (χ4v) is 5.93. The lowest BCUT2D eigenvalue weighted by Gasteiger charge is -2.38. The van der Waals surface area contributed by atoms with Crippen LogP contribution < -0.4 is 33.2 Å². The summed E-state index contributed by atoms with van der Waals surface area (Å²) in [6.07, 6.45) is -5.46. The molecule has 2 aromatic carbocycles. The van der Waals surface area contributed by atoms with E-state index in [0.717, 1.165) is 5.56 Å². The number of benzene rings is 2. The van der Waals surface area contributed by atoms with E-state index in [4.69, 9.17) is 17.2 Å². The molecule has 0 spiro atoms. The van der Waals surface area contributed by atoms with Crippen molar-refractivity contribution >= 4 is 29.6 Å². The van der Waals surface area contributed by atoms with E-state index >= 15 is 0 Å². The minimum atomic E-state index is -4.52. The van der Waals surface area contributed by atoms with E-state index in [1.54, 1.807) is 54.6 Å². The molecular weight excluding hydrogens is 683 g/mol. The van der Waals surface area contributed by atoms with E-state index in [1.165, 1.54) is 4.90 Å². The molecule has 2 aromatic rings. The zero-order valence-corrected chi connectivity index (χ0v) is 29.1. The Morgan fingerprint density at radius 2 is 1.25 bits per heavy atom. The Hall–Kier alpha value is -4.54. The van der Waals surface area contributed by atoms with Crippen molar-refractivity contribution in [3.8, 4) is 0 Å². The van der Waals surface area contributed by atoms with Crippen molar-refractivity contribution in [3.05, 3.63) is 71.8 Å². The van der Waals surface area contributed by atoms with E-state index in [-0.39, 0.29) is 45.2 Å². The van der Waals surface area contributed by atoms with Gasteiger partial charge in [-0.2, -0.15) is 13.2 Å². The lowest BCUT2D eigenvalue weighted by molar-refractivity contribution is -0.148. The summed E-state index contributed by atoms with van der Waals surface area (Å²) in [5.41, 5.74) is 17.7. The number of nitrogens with zero attached hydrogens (tertiary/aromatic N) is 1. The second-order valence-corrected chi connectivity index (χ2v) is 13.2. The van der Waals surface area contributed by atoms with Gasteiger partial charge in [-0.25, -0.2) is 0 Å². The van der Waals surface area contributed by atoms with Gasteiger partial charge in [0.1, 0.15) is 23.7 Å². The van der Waals surface area contributed by atoms with E-state index < -0.39 is 84.7 Å². The SMILES string of the molecule is NCCCCC(NC(=O)C(CCCC(F)(F)F)NC(=O)C(Cc1ccccc1)NC(=O)C(N)Cc1ccccc1)C(=O)N1CCC(N)(C(=O)O)CC1. The molecule has 10 N–H and O–H groups in total. The maximum Gasteiger partial charge on any atom is 0.389 e. The number of carbonyl (C=O) groups is 5. The van der Waals surface area contributed by atoms with Crippen molar-refractivity contribution in [3.63, 3.8) is 0 Å². The number of likely N-dealkylation sites (tertiary alicyclic amines) is 1. The predicted molar refractivity (Wildman–Crippen MR) is 187 cm³/mol. The Balaban J connectivity index is 1.81. The van der Waals surface area contributed by atoms with Crippen molar-refractivity contribution in [1.29, 1.82) is 0 Å². The quantitative estimate of drug-likeness (QED) is 0.104. The highest BCUT2D eigenvalue weighted by Crippen LogP contribution is 2.24. The number of alkyl halides is 3. The molecule has 0 saturated carbocycles. The first-order valence-electron chi connectivity index (χ1n) is 17.4. The predicted octanol–water partition coefficient (Wildman–Crippen LogP) is 1.52. The number of carboxylic acids is 1. The number of aliphatic carboxylic acids is 1. The summed E-state index contributed by atoms with van der Waals surface area (Å²) in [6, 6.07) is 12.8. The Kier molecular flexibility index (Phi) is 16.0. The van der Waals surface area contributed by atoms with E-state index in [2.05, 4.69) is 16.0 Å². The van der Waals surface area contributed by atoms with E-state index in [9.17, 15) is 42.3 Å². The van der Waals surface area contributed by atoms with Crippen molar-refractivity contribution in [1.82, 2.24) is 20.9 Å². The number of nitrogens with one attached hydrogen (secondary N) is 3. The highest BCUT2D eigenvalue weighted by Gasteiger charge is 2.40. The van der Waals surface area contributed by atoms with Gasteiger partial charge in [0, 0.05) is 25.9 Å². The standard InChI is InChI=1S/C36H50F3N7O6/c37-36(38,39)16-9-15-27(31(48)44-28(14-7-8-19-40)33(50)46-20-17-35(42,18-21-46)34(51)52)43-32(49)29(23-25-12-5-2-6-13-25)45-30(47)26(41)22-24-10-3-1-4-11-24/h1-6,10-13,26-29H,7-9,14-23,40-42H2,(H,43,49)(H,44,48)(H,45,47)(H,51,52). The Morgan fingerprint density at radius 3 is 1.79 bits per heavy atom. The molecule has 4 unspecified atom stereocenters. The van der Waals surface area contributed by atoms with Crippen LogP contribution in [0.1, 0.15) is 62.5 Å². The molecule has 1 fully saturated rings. The second kappa shape index (κ2) is 19.9. The van der Waals surface area contributed by atoms with Crippen LogP contribution in [-0.2, 0) is 36.8 Å². The summed E-state index contributed by atoms with van der Waals surface area (Å²) < 4.78 is 39.5. The normalized spacial score (nSPS) is 16.5. The smallest absolute Gasteiger partial charge is 0.389 e. The summed E-state index contributed by atoms with van der Waals surface area (Å²) in [6.45, 7) is 0.348. The number of unbranched alkanes of at least 4 members (excludes halogenated alkanes) is 1. The van der Waals surface area contributed by atoms with E-state index in [1.807, 2.05) is 6.07 Å². The monoisotopic (exact) mass is 733 g/mol. The third-order valence-electron chi connectivity index (χ3n) is 9.09. The molecule has 0 radical (unpaired) electrons. The summed E-state index contributed by atoms with van der Waals surface area (Å²) in [7, 11) is 0. The molecule has 3 rings (SSSR count). The lowest BCUT2D eigenvalue weighted by Crippen LogP contribution is -2.60. The molecule has 52 heavy (non-hydrogen) atoms. The average Bonchev–Trinajstić information content (AvgIpc) is 3.10. The Labute approximate surface area is 301 Å². The van der Waals surface area contributed by atoms with Gasteiger partial charge in [-0.05, 0) is 69.0 Å². The molecule has 1 heterocycles. The lowest BCUT2D eigenvalue weighted by atomic mass is 9.88. The summed E-state index contributed by atoms with van der Waals surface area (Å²) >= 11 is 0. The third-order valence-corrected chi connectivity index (χ3v) is 9.09. The number of hydrogen-bond donors (Lipinski definition) is 7. The van der Waals surface area contributed by atoms with Gasteiger partial charge in [0.2, 0.25) is 23.6 Å². The van der Waals surface area contributed by atoms with Gasteiger partial charge in [0.15, 0.2) is 0 Å². The first-order valence-corrected chi connectivity index (χ1v) is 17.4. The third kappa shape index (κ3) is 13.5. The number of carbonyl (C=O) groups excluding carboxylic acids is 4. The molecule has 4 atom stereocenters. The molecular formula is C36H50F3N7O6. The number of rotatable bonds is 19. The van der Waals surface area contributed by atoms with Crippen molar-refractivity contribution < 1.29 is 42.3 Å². The topological polar surface area (TPSA) is 223 Å². The van der Waals surface area contributed by atoms with Gasteiger partial charge in [-0.3, -0.25) is 24.0 Å². The van der Waals surface area contributed by atoms with Crippen LogP contribution in [0.15, 0.2) is 60.7 Å². The summed E-state index contributed by atoms with van der Waals surface area (Å²) in [5, 5.41) is 17.3. The van der Waals surface area contributed by atoms with E-state index in [0.29, 0.717) is 24.9 Å². The van der Waals surface area contributed by atoms with Crippen LogP contribution in [0, 0.1) is 0 Å². The minimum absolute atomic E-state index is 0.0124. The van der Waals surface area contributed by atoms with Gasteiger partial charge in [-0.1, -0.05) is 60.7 Å². The molecule has 0 aromatic heterocycles. The first kappa shape index (κ1) is 41.9. The number of nitrogens with two attached hydrogens (primary N) is 3. The van der Waals surface area contributed by atoms with Crippen LogP contribution in [0.4, 0.5) is 13.2 Å². The Morgan fingerprint density at radius 1 is 0.750 bits per heavy atom. The molecule has 4 amide bonds. The summed E-state index contributed by atoms with van der Waals surface area (Å²) in [4.78, 5) is 67.4. The molecule has 13 nitrogen and oxygen atoms in total. The van der Waals surface area contributed by atoms with Gasteiger partial charge in [0.25, 0.3) is 0 Å². The largest absolute Gasteiger partial charge is 0.480 e. The van der Waals surface area contributed by atoms with Crippen LogP contribution in [-0.4, -0.2) is 95.1 Å². The first-order chi connectivity index (χ1) is 24.6. The maximum absolute atomic E-state index is 13.8. The van der Waals surface area contributed by atoms with Gasteiger partial charge < -0.3 is 43.2 Å². The van der Waals surface area contributed by atoms with Crippen LogP contribution in [0.25, 0.3) is 0 Å². The minimum Gasteiger partial charge on any atom is -0.480 e. The number of amides is 4. The van der Waals surface area contributed by atoms with Crippen molar-refractivity contribution in [2.24, 2.45) is 17.2 Å². The highest BCUT2D eigenvalue weighted by atomic mass is 19.4. The van der Waals surface area contributed by atoms with Crippen molar-refractivity contribution in [2.45, 2.75) is 100 Å². The fraction of sp³-hybridized carbons (Fsp3) is 0.528. The molecule has 0 aliphatic carbocycles. The van der Waals surface area contributed by atoms with Gasteiger partial charge in [-0.15, -0.1) is 0 Å². The maximum atomic E-state index is 13.8. The number of piperidine rings is 1.